The van der Waals surface area contributed by atoms with Crippen LogP contribution in [0.5, 0.6) is 0 Å². The Hall–Kier alpha value is -2.39. The Morgan fingerprint density at radius 2 is 1.65 bits per heavy atom. The lowest BCUT2D eigenvalue weighted by atomic mass is 10.0. The summed E-state index contributed by atoms with van der Waals surface area (Å²) in [5, 5.41) is 0. The van der Waals surface area contributed by atoms with Gasteiger partial charge in [-0.1, -0.05) is 42.5 Å². The van der Waals surface area contributed by atoms with E-state index in [2.05, 4.69) is 54.0 Å². The highest BCUT2D eigenvalue weighted by Crippen LogP contribution is 2.23. The Labute approximate surface area is 136 Å². The van der Waals surface area contributed by atoms with Gasteiger partial charge >= 0.3 is 0 Å². The van der Waals surface area contributed by atoms with Crippen molar-refractivity contribution in [2.75, 3.05) is 14.1 Å². The van der Waals surface area contributed by atoms with Crippen LogP contribution in [-0.4, -0.2) is 23.6 Å². The molecule has 0 aliphatic rings. The van der Waals surface area contributed by atoms with Crippen molar-refractivity contribution in [1.82, 2.24) is 9.47 Å². The number of benzene rings is 2. The van der Waals surface area contributed by atoms with E-state index in [1.807, 2.05) is 24.3 Å². The van der Waals surface area contributed by atoms with Gasteiger partial charge in [-0.2, -0.15) is 0 Å². The second-order valence-corrected chi connectivity index (χ2v) is 6.04. The summed E-state index contributed by atoms with van der Waals surface area (Å²) in [5.74, 6) is -0.182. The van der Waals surface area contributed by atoms with Crippen molar-refractivity contribution in [3.8, 4) is 11.1 Å². The smallest absolute Gasteiger partial charge is 0.131 e. The first-order chi connectivity index (χ1) is 11.1. The quantitative estimate of drug-likeness (QED) is 0.678. The summed E-state index contributed by atoms with van der Waals surface area (Å²) in [7, 11) is 4.14. The zero-order valence-corrected chi connectivity index (χ0v) is 13.5. The zero-order chi connectivity index (χ0) is 16.2. The molecular formula is C20H21FN2. The molecule has 118 valence electrons. The molecule has 1 aromatic heterocycles. The van der Waals surface area contributed by atoms with Crippen LogP contribution in [0.3, 0.4) is 0 Å². The molecule has 0 spiro atoms. The van der Waals surface area contributed by atoms with Crippen LogP contribution in [0.4, 0.5) is 4.39 Å². The molecule has 0 unspecified atom stereocenters. The number of hydrogen-bond acceptors (Lipinski definition) is 1. The molecule has 23 heavy (non-hydrogen) atoms. The third kappa shape index (κ3) is 3.69. The predicted octanol–water partition coefficient (Wildman–Crippen LogP) is 4.40. The fourth-order valence-electron chi connectivity index (χ4n) is 2.75. The van der Waals surface area contributed by atoms with Crippen LogP contribution in [0, 0.1) is 5.82 Å². The van der Waals surface area contributed by atoms with E-state index in [0.29, 0.717) is 5.56 Å². The molecule has 0 aliphatic heterocycles. The van der Waals surface area contributed by atoms with E-state index >= 15 is 0 Å². The van der Waals surface area contributed by atoms with E-state index in [0.717, 1.165) is 18.7 Å². The van der Waals surface area contributed by atoms with E-state index in [1.165, 1.54) is 17.3 Å². The minimum absolute atomic E-state index is 0.182. The number of halogens is 1. The molecule has 0 atom stereocenters. The van der Waals surface area contributed by atoms with E-state index in [9.17, 15) is 4.39 Å². The first-order valence-electron chi connectivity index (χ1n) is 7.76. The van der Waals surface area contributed by atoms with Gasteiger partial charge in [0, 0.05) is 30.5 Å². The van der Waals surface area contributed by atoms with Gasteiger partial charge in [0.05, 0.1) is 0 Å². The highest BCUT2D eigenvalue weighted by atomic mass is 19.1. The van der Waals surface area contributed by atoms with Gasteiger partial charge in [-0.15, -0.1) is 0 Å². The highest BCUT2D eigenvalue weighted by Gasteiger charge is 2.06. The minimum Gasteiger partial charge on any atom is -0.346 e. The normalized spacial score (nSPS) is 11.1. The molecule has 2 aromatic carbocycles. The summed E-state index contributed by atoms with van der Waals surface area (Å²) in [6.45, 7) is 1.74. The van der Waals surface area contributed by atoms with Crippen molar-refractivity contribution in [2.24, 2.45) is 0 Å². The maximum Gasteiger partial charge on any atom is 0.131 e. The molecule has 0 aliphatic carbocycles. The number of aromatic nitrogens is 1. The van der Waals surface area contributed by atoms with Gasteiger partial charge in [0.1, 0.15) is 5.82 Å². The van der Waals surface area contributed by atoms with E-state index in [-0.39, 0.29) is 5.82 Å². The van der Waals surface area contributed by atoms with Crippen molar-refractivity contribution >= 4 is 0 Å². The van der Waals surface area contributed by atoms with Gasteiger partial charge in [0.15, 0.2) is 0 Å². The standard InChI is InChI=1S/C20H21FN2/c1-22(2)15-18-6-5-13-23(18)14-16-9-11-17(12-10-16)19-7-3-4-8-20(19)21/h3-13H,14-15H2,1-2H3. The Kier molecular flexibility index (Phi) is 4.58. The van der Waals surface area contributed by atoms with Gasteiger partial charge in [-0.05, 0) is 43.4 Å². The Morgan fingerprint density at radius 3 is 2.35 bits per heavy atom. The summed E-state index contributed by atoms with van der Waals surface area (Å²) in [4.78, 5) is 2.16. The molecule has 0 bridgehead atoms. The molecular weight excluding hydrogens is 287 g/mol. The SMILES string of the molecule is CN(C)Cc1cccn1Cc1ccc(-c2ccccc2F)cc1. The lowest BCUT2D eigenvalue weighted by Crippen LogP contribution is -2.14. The lowest BCUT2D eigenvalue weighted by Gasteiger charge is -2.14. The number of nitrogens with zero attached hydrogens (tertiary/aromatic N) is 2. The third-order valence-corrected chi connectivity index (χ3v) is 3.89. The van der Waals surface area contributed by atoms with Crippen molar-refractivity contribution in [1.29, 1.82) is 0 Å². The van der Waals surface area contributed by atoms with Crippen molar-refractivity contribution < 1.29 is 4.39 Å². The average molecular weight is 308 g/mol. The van der Waals surface area contributed by atoms with E-state index in [1.54, 1.807) is 6.07 Å². The van der Waals surface area contributed by atoms with Crippen LogP contribution < -0.4 is 0 Å². The molecule has 1 heterocycles. The maximum atomic E-state index is 13.8. The van der Waals surface area contributed by atoms with Crippen LogP contribution in [-0.2, 0) is 13.1 Å². The monoisotopic (exact) mass is 308 g/mol. The summed E-state index contributed by atoms with van der Waals surface area (Å²) < 4.78 is 16.1. The average Bonchev–Trinajstić information content (AvgIpc) is 2.95. The Balaban J connectivity index is 1.78. The molecule has 0 fully saturated rings. The van der Waals surface area contributed by atoms with Crippen molar-refractivity contribution in [3.63, 3.8) is 0 Å². The van der Waals surface area contributed by atoms with Gasteiger partial charge in [-0.25, -0.2) is 4.39 Å². The molecule has 0 saturated carbocycles. The van der Waals surface area contributed by atoms with Gasteiger partial charge in [0.25, 0.3) is 0 Å². The summed E-state index contributed by atoms with van der Waals surface area (Å²) in [6, 6.07) is 19.2. The second kappa shape index (κ2) is 6.80. The summed E-state index contributed by atoms with van der Waals surface area (Å²) in [5.41, 5.74) is 4.05. The predicted molar refractivity (Wildman–Crippen MR) is 92.8 cm³/mol. The largest absolute Gasteiger partial charge is 0.346 e. The molecule has 2 nitrogen and oxygen atoms in total. The Bertz CT molecular complexity index is 772. The molecule has 0 saturated heterocycles. The maximum absolute atomic E-state index is 13.8. The van der Waals surface area contributed by atoms with Crippen LogP contribution in [0.2, 0.25) is 0 Å². The van der Waals surface area contributed by atoms with Gasteiger partial charge in [0.2, 0.25) is 0 Å². The number of rotatable bonds is 5. The van der Waals surface area contributed by atoms with E-state index in [4.69, 9.17) is 0 Å². The van der Waals surface area contributed by atoms with Gasteiger partial charge in [-0.3, -0.25) is 0 Å². The van der Waals surface area contributed by atoms with Crippen LogP contribution >= 0.6 is 0 Å². The zero-order valence-electron chi connectivity index (χ0n) is 13.5. The van der Waals surface area contributed by atoms with Crippen LogP contribution in [0.1, 0.15) is 11.3 Å². The van der Waals surface area contributed by atoms with E-state index < -0.39 is 0 Å². The lowest BCUT2D eigenvalue weighted by molar-refractivity contribution is 0.389. The topological polar surface area (TPSA) is 8.17 Å². The van der Waals surface area contributed by atoms with Crippen LogP contribution in [0.15, 0.2) is 66.9 Å². The van der Waals surface area contributed by atoms with Crippen molar-refractivity contribution in [2.45, 2.75) is 13.1 Å². The molecule has 3 rings (SSSR count). The fourth-order valence-corrected chi connectivity index (χ4v) is 2.75. The first-order valence-corrected chi connectivity index (χ1v) is 7.76. The molecule has 0 amide bonds. The minimum atomic E-state index is -0.182. The molecule has 0 radical (unpaired) electrons. The molecule has 0 N–H and O–H groups in total. The number of hydrogen-bond donors (Lipinski definition) is 0. The highest BCUT2D eigenvalue weighted by molar-refractivity contribution is 5.64. The second-order valence-electron chi connectivity index (χ2n) is 6.04. The third-order valence-electron chi connectivity index (χ3n) is 3.89. The van der Waals surface area contributed by atoms with Gasteiger partial charge < -0.3 is 9.47 Å². The molecule has 3 heteroatoms. The summed E-state index contributed by atoms with van der Waals surface area (Å²) >= 11 is 0. The van der Waals surface area contributed by atoms with Crippen molar-refractivity contribution in [3.05, 3.63) is 83.9 Å². The first kappa shape index (κ1) is 15.5. The summed E-state index contributed by atoms with van der Waals surface area (Å²) in [6.07, 6.45) is 2.10. The fraction of sp³-hybridized carbons (Fsp3) is 0.200. The Morgan fingerprint density at radius 1 is 0.913 bits per heavy atom. The molecule has 3 aromatic rings. The van der Waals surface area contributed by atoms with Crippen LogP contribution in [0.25, 0.3) is 11.1 Å².